The molecular weight excluding hydrogens is 765 g/mol. The molecule has 0 saturated carbocycles. The van der Waals surface area contributed by atoms with Gasteiger partial charge in [-0.3, -0.25) is 4.99 Å². The van der Waals surface area contributed by atoms with E-state index in [4.69, 9.17) is 10.7 Å². The molecular formula is C60H84N2O. The quantitative estimate of drug-likeness (QED) is 0.0369. The summed E-state index contributed by atoms with van der Waals surface area (Å²) >= 11 is 0. The molecule has 0 heterocycles. The summed E-state index contributed by atoms with van der Waals surface area (Å²) in [7, 11) is 0. The molecule has 4 aromatic rings. The van der Waals surface area contributed by atoms with Crippen LogP contribution in [0, 0.1) is 0 Å². The lowest BCUT2D eigenvalue weighted by molar-refractivity contribution is -0.112. The fourth-order valence-electron chi connectivity index (χ4n) is 11.3. The maximum absolute atomic E-state index is 12.6. The summed E-state index contributed by atoms with van der Waals surface area (Å²) in [6, 6.07) is 28.5. The number of rotatable bonds is 27. The number of unbranched alkanes of at least 4 members (excludes halogenated alkanes) is 12. The zero-order valence-electron chi connectivity index (χ0n) is 41.1. The second-order valence-corrected chi connectivity index (χ2v) is 20.4. The predicted octanol–water partition coefficient (Wildman–Crippen LogP) is 17.3. The molecule has 0 bridgehead atoms. The van der Waals surface area contributed by atoms with Gasteiger partial charge in [-0.1, -0.05) is 199 Å². The topological polar surface area (TPSA) is 55.5 Å². The van der Waals surface area contributed by atoms with E-state index in [0.29, 0.717) is 0 Å². The van der Waals surface area contributed by atoms with E-state index in [1.807, 2.05) is 0 Å². The van der Waals surface area contributed by atoms with Gasteiger partial charge in [0, 0.05) is 28.0 Å². The fraction of sp³-hybridized carbons (Fsp3) is 0.567. The van der Waals surface area contributed by atoms with Crippen molar-refractivity contribution in [2.24, 2.45) is 10.7 Å². The average molecular weight is 849 g/mol. The second kappa shape index (κ2) is 21.9. The Hall–Kier alpha value is -3.82. The highest BCUT2D eigenvalue weighted by Gasteiger charge is 2.45. The minimum atomic E-state index is -0.486. The Balaban J connectivity index is 1.43. The number of carbonyl (C=O) groups is 1. The van der Waals surface area contributed by atoms with Crippen LogP contribution in [-0.4, -0.2) is 12.5 Å². The zero-order chi connectivity index (χ0) is 45.1. The van der Waals surface area contributed by atoms with Crippen molar-refractivity contribution in [1.82, 2.24) is 0 Å². The molecule has 0 aromatic heterocycles. The van der Waals surface area contributed by atoms with Crippen molar-refractivity contribution < 1.29 is 4.79 Å². The van der Waals surface area contributed by atoms with Gasteiger partial charge >= 0.3 is 0 Å². The molecule has 0 spiro atoms. The standard InChI is InChI=1S/C60H84N2O/c1-9-15-19-23-35-59(36-24-20-16-10-2)53-39-45(27-31-49(53)50-32-28-46(40-54(50)59)57(7,13-5)44-63)43-62-48-30-34-52-51-33-29-47(58(8,61)14-6)41-55(51)60(56(52)42-48,37-25-21-17-11-3)38-26-22-18-12-4/h27-34,39-44H,9-26,35-38,61H2,1-8H3. The minimum absolute atomic E-state index is 0.0391. The van der Waals surface area contributed by atoms with Crippen LogP contribution in [0.3, 0.4) is 0 Å². The smallest absolute Gasteiger partial charge is 0.130 e. The van der Waals surface area contributed by atoms with Crippen LogP contribution in [-0.2, 0) is 26.6 Å². The van der Waals surface area contributed by atoms with E-state index in [9.17, 15) is 4.79 Å². The van der Waals surface area contributed by atoms with Crippen molar-refractivity contribution in [3.05, 3.63) is 112 Å². The van der Waals surface area contributed by atoms with Crippen molar-refractivity contribution in [3.8, 4) is 22.3 Å². The van der Waals surface area contributed by atoms with E-state index in [1.54, 1.807) is 0 Å². The first-order valence-corrected chi connectivity index (χ1v) is 25.9. The van der Waals surface area contributed by atoms with Gasteiger partial charge in [0.25, 0.3) is 0 Å². The monoisotopic (exact) mass is 849 g/mol. The molecule has 0 aliphatic heterocycles. The largest absolute Gasteiger partial charge is 0.322 e. The van der Waals surface area contributed by atoms with Crippen LogP contribution in [0.15, 0.2) is 77.8 Å². The molecule has 3 nitrogen and oxygen atoms in total. The van der Waals surface area contributed by atoms with E-state index in [1.165, 1.54) is 177 Å². The van der Waals surface area contributed by atoms with E-state index in [2.05, 4.69) is 134 Å². The lowest BCUT2D eigenvalue weighted by atomic mass is 9.69. The van der Waals surface area contributed by atoms with E-state index < -0.39 is 5.41 Å². The van der Waals surface area contributed by atoms with Gasteiger partial charge in [-0.25, -0.2) is 0 Å². The molecule has 0 saturated heterocycles. The summed E-state index contributed by atoms with van der Waals surface area (Å²) in [5.41, 5.74) is 22.0. The van der Waals surface area contributed by atoms with Gasteiger partial charge in [-0.05, 0) is 132 Å². The molecule has 63 heavy (non-hydrogen) atoms. The van der Waals surface area contributed by atoms with Crippen LogP contribution in [0.5, 0.6) is 0 Å². The summed E-state index contributed by atoms with van der Waals surface area (Å²) in [5, 5.41) is 0. The third-order valence-electron chi connectivity index (χ3n) is 16.0. The Labute approximate surface area is 384 Å². The molecule has 2 aliphatic rings. The summed E-state index contributed by atoms with van der Waals surface area (Å²) in [4.78, 5) is 17.9. The third-order valence-corrected chi connectivity index (χ3v) is 16.0. The van der Waals surface area contributed by atoms with Crippen LogP contribution >= 0.6 is 0 Å². The van der Waals surface area contributed by atoms with Gasteiger partial charge in [0.2, 0.25) is 0 Å². The predicted molar refractivity (Wildman–Crippen MR) is 273 cm³/mol. The van der Waals surface area contributed by atoms with Gasteiger partial charge in [0.05, 0.1) is 5.69 Å². The molecule has 0 fully saturated rings. The Morgan fingerprint density at radius 1 is 0.492 bits per heavy atom. The lowest BCUT2D eigenvalue weighted by Gasteiger charge is -2.34. The van der Waals surface area contributed by atoms with Crippen molar-refractivity contribution in [2.45, 2.75) is 218 Å². The number of benzene rings is 4. The number of aliphatic imine (C=N–C) groups is 1. The Bertz CT molecular complexity index is 2130. The van der Waals surface area contributed by atoms with Crippen LogP contribution < -0.4 is 5.73 Å². The molecule has 2 unspecified atom stereocenters. The number of aldehydes is 1. The number of nitrogens with two attached hydrogens (primary N) is 1. The third kappa shape index (κ3) is 10.2. The molecule has 2 atom stereocenters. The maximum atomic E-state index is 12.6. The van der Waals surface area contributed by atoms with Crippen LogP contribution in [0.1, 0.15) is 236 Å². The first kappa shape index (κ1) is 48.6. The maximum Gasteiger partial charge on any atom is 0.130 e. The Kier molecular flexibility index (Phi) is 16.9. The summed E-state index contributed by atoms with van der Waals surface area (Å²) in [6.07, 6.45) is 29.6. The highest BCUT2D eigenvalue weighted by Crippen LogP contribution is 2.57. The number of nitrogens with zero attached hydrogens (tertiary/aromatic N) is 1. The highest BCUT2D eigenvalue weighted by molar-refractivity contribution is 5.89. The summed E-state index contributed by atoms with van der Waals surface area (Å²) in [6.45, 7) is 17.9. The molecule has 2 N–H and O–H groups in total. The highest BCUT2D eigenvalue weighted by atomic mass is 16.1. The normalized spacial score (nSPS) is 16.3. The lowest BCUT2D eigenvalue weighted by Crippen LogP contribution is -2.33. The molecule has 340 valence electrons. The number of carbonyl (C=O) groups excluding carboxylic acids is 1. The molecule has 0 radical (unpaired) electrons. The second-order valence-electron chi connectivity index (χ2n) is 20.4. The van der Waals surface area contributed by atoms with Crippen molar-refractivity contribution in [1.29, 1.82) is 0 Å². The number of hydrogen-bond donors (Lipinski definition) is 1. The average Bonchev–Trinajstić information content (AvgIpc) is 3.73. The van der Waals surface area contributed by atoms with Crippen molar-refractivity contribution in [2.75, 3.05) is 0 Å². The minimum Gasteiger partial charge on any atom is -0.322 e. The van der Waals surface area contributed by atoms with E-state index in [0.717, 1.165) is 36.9 Å². The Morgan fingerprint density at radius 3 is 1.35 bits per heavy atom. The van der Waals surface area contributed by atoms with Crippen molar-refractivity contribution in [3.63, 3.8) is 0 Å². The molecule has 6 rings (SSSR count). The number of hydrogen-bond acceptors (Lipinski definition) is 3. The molecule has 0 amide bonds. The number of fused-ring (bicyclic) bond motifs is 6. The Morgan fingerprint density at radius 2 is 0.905 bits per heavy atom. The zero-order valence-corrected chi connectivity index (χ0v) is 41.1. The van der Waals surface area contributed by atoms with Crippen molar-refractivity contribution >= 4 is 18.2 Å². The van der Waals surface area contributed by atoms with E-state index >= 15 is 0 Å². The molecule has 2 aliphatic carbocycles. The van der Waals surface area contributed by atoms with Gasteiger partial charge < -0.3 is 10.5 Å². The first-order chi connectivity index (χ1) is 30.5. The fourth-order valence-corrected chi connectivity index (χ4v) is 11.3. The van der Waals surface area contributed by atoms with Gasteiger partial charge in [-0.2, -0.15) is 0 Å². The SMILES string of the molecule is CCCCCCC1(CCCCCC)c2cc(N=Cc3ccc4c(c3)C(CCCCCC)(CCCCCC)c3cc(C(C)(C=O)CC)ccc3-4)ccc2-c2ccc(C(C)(N)CC)cc21. The van der Waals surface area contributed by atoms with Gasteiger partial charge in [0.15, 0.2) is 0 Å². The summed E-state index contributed by atoms with van der Waals surface area (Å²) < 4.78 is 0. The van der Waals surface area contributed by atoms with Crippen LogP contribution in [0.25, 0.3) is 22.3 Å². The molecule has 4 aromatic carbocycles. The van der Waals surface area contributed by atoms with Crippen LogP contribution in [0.2, 0.25) is 0 Å². The van der Waals surface area contributed by atoms with E-state index in [-0.39, 0.29) is 16.4 Å². The van der Waals surface area contributed by atoms with Gasteiger partial charge in [-0.15, -0.1) is 0 Å². The van der Waals surface area contributed by atoms with Crippen LogP contribution in [0.4, 0.5) is 5.69 Å². The summed E-state index contributed by atoms with van der Waals surface area (Å²) in [5.74, 6) is 0. The first-order valence-electron chi connectivity index (χ1n) is 25.9. The van der Waals surface area contributed by atoms with Gasteiger partial charge in [0.1, 0.15) is 6.29 Å². The molecule has 3 heteroatoms.